The van der Waals surface area contributed by atoms with Crippen molar-refractivity contribution in [1.29, 1.82) is 0 Å². The third-order valence-corrected chi connectivity index (χ3v) is 5.35. The fourth-order valence-corrected chi connectivity index (χ4v) is 4.19. The van der Waals surface area contributed by atoms with Gasteiger partial charge in [0.25, 0.3) is 0 Å². The molecule has 1 aromatic carbocycles. The van der Waals surface area contributed by atoms with Crippen LogP contribution in [0.3, 0.4) is 0 Å². The van der Waals surface area contributed by atoms with Crippen molar-refractivity contribution in [2.45, 2.75) is 26.3 Å². The van der Waals surface area contributed by atoms with Crippen LogP contribution in [-0.4, -0.2) is 31.1 Å². The second-order valence-electron chi connectivity index (χ2n) is 5.93. The first-order valence-electron chi connectivity index (χ1n) is 7.81. The molecule has 1 N–H and O–H groups in total. The summed E-state index contributed by atoms with van der Waals surface area (Å²) >= 11 is 1.90. The third kappa shape index (κ3) is 3.37. The van der Waals surface area contributed by atoms with Gasteiger partial charge in [-0.1, -0.05) is 24.3 Å². The molecule has 21 heavy (non-hydrogen) atoms. The summed E-state index contributed by atoms with van der Waals surface area (Å²) in [5.74, 6) is 0. The summed E-state index contributed by atoms with van der Waals surface area (Å²) in [6.07, 6.45) is 1.23. The first-order chi connectivity index (χ1) is 10.3. The van der Waals surface area contributed by atoms with Crippen LogP contribution < -0.4 is 5.32 Å². The van der Waals surface area contributed by atoms with E-state index in [1.54, 1.807) is 0 Å². The molecule has 2 heterocycles. The van der Waals surface area contributed by atoms with Crippen LogP contribution in [0.4, 0.5) is 0 Å². The molecule has 0 radical (unpaired) electrons. The van der Waals surface area contributed by atoms with Crippen LogP contribution in [0, 0.1) is 13.8 Å². The van der Waals surface area contributed by atoms with E-state index in [1.165, 1.54) is 34.5 Å². The van der Waals surface area contributed by atoms with Crippen molar-refractivity contribution >= 4 is 11.3 Å². The zero-order valence-electron chi connectivity index (χ0n) is 12.9. The Labute approximate surface area is 131 Å². The smallest absolute Gasteiger partial charge is 0.0699 e. The average Bonchev–Trinajstić information content (AvgIpc) is 2.74. The third-order valence-electron chi connectivity index (χ3n) is 4.24. The highest BCUT2D eigenvalue weighted by molar-refractivity contribution is 7.10. The van der Waals surface area contributed by atoms with Crippen molar-refractivity contribution in [3.63, 3.8) is 0 Å². The van der Waals surface area contributed by atoms with E-state index in [1.807, 2.05) is 11.3 Å². The summed E-state index contributed by atoms with van der Waals surface area (Å²) in [4.78, 5) is 4.12. The normalized spacial score (nSPS) is 18.4. The van der Waals surface area contributed by atoms with Gasteiger partial charge in [0.15, 0.2) is 0 Å². The quantitative estimate of drug-likeness (QED) is 0.928. The minimum atomic E-state index is 0.407. The molecular formula is C18H24N2S. The Morgan fingerprint density at radius 1 is 1.14 bits per heavy atom. The molecule has 1 aromatic heterocycles. The fraction of sp³-hybridized carbons (Fsp3) is 0.444. The standard InChI is InChI=1S/C18H24N2S/c1-14-12-17(21-13-14)18(16-7-4-3-6-15(16)2)20-10-5-8-19-9-11-20/h3-4,6-7,12-13,18-19H,5,8-11H2,1-2H3. The molecule has 0 saturated carbocycles. The van der Waals surface area contributed by atoms with E-state index in [0.717, 1.165) is 19.6 Å². The molecule has 0 amide bonds. The molecule has 1 aliphatic rings. The van der Waals surface area contributed by atoms with Crippen LogP contribution in [-0.2, 0) is 0 Å². The molecule has 112 valence electrons. The molecule has 3 heteroatoms. The molecule has 1 saturated heterocycles. The highest BCUT2D eigenvalue weighted by Crippen LogP contribution is 2.34. The van der Waals surface area contributed by atoms with Gasteiger partial charge in [-0.3, -0.25) is 4.90 Å². The highest BCUT2D eigenvalue weighted by Gasteiger charge is 2.25. The summed E-state index contributed by atoms with van der Waals surface area (Å²) in [5.41, 5.74) is 4.23. The molecule has 0 bridgehead atoms. The number of rotatable bonds is 3. The predicted octanol–water partition coefficient (Wildman–Crippen LogP) is 3.75. The largest absolute Gasteiger partial charge is 0.315 e. The Balaban J connectivity index is 2.00. The number of benzene rings is 1. The summed E-state index contributed by atoms with van der Waals surface area (Å²) in [6, 6.07) is 11.6. The molecule has 1 atom stereocenters. The van der Waals surface area contributed by atoms with Gasteiger partial charge in [0.1, 0.15) is 0 Å². The van der Waals surface area contributed by atoms with E-state index >= 15 is 0 Å². The van der Waals surface area contributed by atoms with Gasteiger partial charge in [-0.15, -0.1) is 11.3 Å². The zero-order chi connectivity index (χ0) is 14.7. The lowest BCUT2D eigenvalue weighted by atomic mass is 9.98. The molecule has 3 rings (SSSR count). The van der Waals surface area contributed by atoms with Crippen molar-refractivity contribution in [2.75, 3.05) is 26.2 Å². The molecular weight excluding hydrogens is 276 g/mol. The summed E-state index contributed by atoms with van der Waals surface area (Å²) < 4.78 is 0. The Hall–Kier alpha value is -1.16. The molecule has 1 fully saturated rings. The van der Waals surface area contributed by atoms with Crippen molar-refractivity contribution in [2.24, 2.45) is 0 Å². The summed E-state index contributed by atoms with van der Waals surface area (Å²) in [6.45, 7) is 8.95. The minimum absolute atomic E-state index is 0.407. The lowest BCUT2D eigenvalue weighted by Gasteiger charge is -2.31. The van der Waals surface area contributed by atoms with E-state index in [-0.39, 0.29) is 0 Å². The highest BCUT2D eigenvalue weighted by atomic mass is 32.1. The topological polar surface area (TPSA) is 15.3 Å². The number of nitrogens with one attached hydrogen (secondary N) is 1. The van der Waals surface area contributed by atoms with Crippen molar-refractivity contribution in [3.8, 4) is 0 Å². The van der Waals surface area contributed by atoms with E-state index < -0.39 is 0 Å². The Morgan fingerprint density at radius 3 is 2.76 bits per heavy atom. The van der Waals surface area contributed by atoms with E-state index in [9.17, 15) is 0 Å². The number of nitrogens with zero attached hydrogens (tertiary/aromatic N) is 1. The van der Waals surface area contributed by atoms with Crippen LogP contribution in [0.5, 0.6) is 0 Å². The maximum atomic E-state index is 3.52. The maximum Gasteiger partial charge on any atom is 0.0699 e. The lowest BCUT2D eigenvalue weighted by molar-refractivity contribution is 0.243. The lowest BCUT2D eigenvalue weighted by Crippen LogP contribution is -2.33. The molecule has 0 spiro atoms. The zero-order valence-corrected chi connectivity index (χ0v) is 13.7. The first kappa shape index (κ1) is 14.8. The van der Waals surface area contributed by atoms with Gasteiger partial charge < -0.3 is 5.32 Å². The van der Waals surface area contributed by atoms with Crippen LogP contribution in [0.25, 0.3) is 0 Å². The van der Waals surface area contributed by atoms with Crippen LogP contribution in [0.15, 0.2) is 35.7 Å². The minimum Gasteiger partial charge on any atom is -0.315 e. The summed E-state index contributed by atoms with van der Waals surface area (Å²) in [7, 11) is 0. The van der Waals surface area contributed by atoms with Gasteiger partial charge in [-0.2, -0.15) is 0 Å². The SMILES string of the molecule is Cc1csc(C(c2ccccc2C)N2CCCNCC2)c1. The molecule has 2 aromatic rings. The van der Waals surface area contributed by atoms with E-state index in [2.05, 4.69) is 59.8 Å². The second-order valence-corrected chi connectivity index (χ2v) is 6.87. The van der Waals surface area contributed by atoms with Gasteiger partial charge >= 0.3 is 0 Å². The van der Waals surface area contributed by atoms with Gasteiger partial charge in [-0.05, 0) is 54.9 Å². The second kappa shape index (κ2) is 6.73. The van der Waals surface area contributed by atoms with Crippen molar-refractivity contribution < 1.29 is 0 Å². The molecule has 1 aliphatic heterocycles. The van der Waals surface area contributed by atoms with Crippen LogP contribution in [0.1, 0.15) is 34.0 Å². The predicted molar refractivity (Wildman–Crippen MR) is 91.1 cm³/mol. The van der Waals surface area contributed by atoms with Crippen LogP contribution >= 0.6 is 11.3 Å². The Bertz CT molecular complexity index is 582. The number of aryl methyl sites for hydroxylation is 2. The molecule has 0 aliphatic carbocycles. The number of thiophene rings is 1. The number of hydrogen-bond acceptors (Lipinski definition) is 3. The van der Waals surface area contributed by atoms with Crippen molar-refractivity contribution in [3.05, 3.63) is 57.3 Å². The molecule has 2 nitrogen and oxygen atoms in total. The van der Waals surface area contributed by atoms with E-state index in [4.69, 9.17) is 0 Å². The van der Waals surface area contributed by atoms with Crippen LogP contribution in [0.2, 0.25) is 0 Å². The molecule has 1 unspecified atom stereocenters. The summed E-state index contributed by atoms with van der Waals surface area (Å²) in [5, 5.41) is 5.79. The van der Waals surface area contributed by atoms with Gasteiger partial charge in [-0.25, -0.2) is 0 Å². The fourth-order valence-electron chi connectivity index (χ4n) is 3.15. The first-order valence-corrected chi connectivity index (χ1v) is 8.69. The van der Waals surface area contributed by atoms with Gasteiger partial charge in [0, 0.05) is 24.5 Å². The van der Waals surface area contributed by atoms with E-state index in [0.29, 0.717) is 6.04 Å². The monoisotopic (exact) mass is 300 g/mol. The Morgan fingerprint density at radius 2 is 2.00 bits per heavy atom. The Kier molecular flexibility index (Phi) is 4.73. The number of hydrogen-bond donors (Lipinski definition) is 1. The van der Waals surface area contributed by atoms with Crippen molar-refractivity contribution in [1.82, 2.24) is 10.2 Å². The van der Waals surface area contributed by atoms with Gasteiger partial charge in [0.05, 0.1) is 6.04 Å². The average molecular weight is 300 g/mol. The maximum absolute atomic E-state index is 3.52. The van der Waals surface area contributed by atoms with Gasteiger partial charge in [0.2, 0.25) is 0 Å².